The molecule has 0 spiro atoms. The summed E-state index contributed by atoms with van der Waals surface area (Å²) in [5, 5.41) is 10.5. The zero-order valence-corrected chi connectivity index (χ0v) is 12.6. The van der Waals surface area contributed by atoms with E-state index in [9.17, 15) is 19.3 Å². The largest absolute Gasteiger partial charge is 0.304 e. The second-order valence-corrected chi connectivity index (χ2v) is 5.27. The fourth-order valence-corrected chi connectivity index (χ4v) is 2.23. The van der Waals surface area contributed by atoms with Gasteiger partial charge in [0.25, 0.3) is 0 Å². The smallest absolute Gasteiger partial charge is 0.287 e. The van der Waals surface area contributed by atoms with Crippen LogP contribution in [0.5, 0.6) is 0 Å². The predicted octanol–water partition coefficient (Wildman–Crippen LogP) is 2.98. The van der Waals surface area contributed by atoms with Crippen molar-refractivity contribution in [2.75, 3.05) is 0 Å². The molecule has 7 heteroatoms. The van der Waals surface area contributed by atoms with Crippen LogP contribution in [0.4, 0.5) is 10.1 Å². The topological polar surface area (TPSA) is 64.1 Å². The number of nitro groups is 1. The molecule has 0 saturated heterocycles. The van der Waals surface area contributed by atoms with Crippen molar-refractivity contribution in [3.8, 4) is 0 Å². The zero-order chi connectivity index (χ0) is 15.6. The maximum absolute atomic E-state index is 13.5. The number of nitrogens with zero attached hydrogens (tertiary/aromatic N) is 2. The summed E-state index contributed by atoms with van der Waals surface area (Å²) in [5.41, 5.74) is 0.316. The summed E-state index contributed by atoms with van der Waals surface area (Å²) < 4.78 is 16.1. The average Bonchev–Trinajstić information content (AvgIpc) is 2.43. The Morgan fingerprint density at radius 2 is 2.14 bits per heavy atom. The number of halogens is 2. The molecule has 0 amide bonds. The molecule has 1 aromatic carbocycles. The average molecular weight is 354 g/mol. The molecule has 5 nitrogen and oxygen atoms in total. The molecule has 0 saturated carbocycles. The maximum atomic E-state index is 13.5. The number of nitro benzene ring substituents is 1. The molecule has 0 bridgehead atoms. The van der Waals surface area contributed by atoms with E-state index in [0.717, 1.165) is 22.3 Å². The summed E-state index contributed by atoms with van der Waals surface area (Å²) in [7, 11) is 0. The lowest BCUT2D eigenvalue weighted by Crippen LogP contribution is -2.40. The van der Waals surface area contributed by atoms with Gasteiger partial charge in [-0.2, -0.15) is 8.96 Å². The van der Waals surface area contributed by atoms with E-state index >= 15 is 0 Å². The second kappa shape index (κ2) is 6.09. The van der Waals surface area contributed by atoms with Crippen LogP contribution in [-0.2, 0) is 6.54 Å². The molecule has 108 valence electrons. The van der Waals surface area contributed by atoms with E-state index in [2.05, 4.69) is 15.9 Å². The highest BCUT2D eigenvalue weighted by Gasteiger charge is 2.20. The summed E-state index contributed by atoms with van der Waals surface area (Å²) in [6, 6.07) is 6.79. The molecule has 2 rings (SSSR count). The molecule has 1 aromatic heterocycles. The van der Waals surface area contributed by atoms with Crippen LogP contribution in [0.25, 0.3) is 0 Å². The van der Waals surface area contributed by atoms with Crippen LogP contribution in [0, 0.1) is 22.9 Å². The number of ketones is 1. The summed E-state index contributed by atoms with van der Waals surface area (Å²) in [5.74, 6) is -1.34. The Hall–Kier alpha value is -2.15. The predicted molar refractivity (Wildman–Crippen MR) is 76.5 cm³/mol. The number of hydrogen-bond acceptors (Lipinski definition) is 3. The van der Waals surface area contributed by atoms with Gasteiger partial charge in [0.05, 0.1) is 9.40 Å². The molecule has 0 aliphatic rings. The zero-order valence-electron chi connectivity index (χ0n) is 11.0. The molecule has 0 unspecified atom stereocenters. The number of rotatable bonds is 4. The standard InChI is InChI=1S/C14H11BrFN2O3/c1-9-11(15)3-2-6-17(9)8-14(19)10-4-5-13(18(20)21)12(16)7-10/h2-7H,8H2,1H3/q+1. The SMILES string of the molecule is Cc1c(Br)ccc[n+]1CC(=O)c1ccc([N+](=O)[O-])c(F)c1. The Bertz CT molecular complexity index is 734. The third kappa shape index (κ3) is 3.30. The van der Waals surface area contributed by atoms with E-state index in [-0.39, 0.29) is 17.9 Å². The van der Waals surface area contributed by atoms with Crippen LogP contribution in [0.15, 0.2) is 41.0 Å². The van der Waals surface area contributed by atoms with Gasteiger partial charge in [-0.25, -0.2) is 0 Å². The van der Waals surface area contributed by atoms with Crippen LogP contribution < -0.4 is 4.57 Å². The minimum absolute atomic E-state index is 0.0303. The molecule has 21 heavy (non-hydrogen) atoms. The first-order valence-electron chi connectivity index (χ1n) is 6.02. The number of carbonyl (C=O) groups is 1. The summed E-state index contributed by atoms with van der Waals surface area (Å²) in [6.45, 7) is 1.87. The van der Waals surface area contributed by atoms with Gasteiger partial charge < -0.3 is 0 Å². The number of benzene rings is 1. The third-order valence-corrected chi connectivity index (χ3v) is 3.90. The lowest BCUT2D eigenvalue weighted by atomic mass is 10.1. The van der Waals surface area contributed by atoms with Crippen molar-refractivity contribution in [1.82, 2.24) is 0 Å². The third-order valence-electron chi connectivity index (χ3n) is 3.07. The fraction of sp³-hybridized carbons (Fsp3) is 0.143. The highest BCUT2D eigenvalue weighted by Crippen LogP contribution is 2.18. The van der Waals surface area contributed by atoms with Crippen LogP contribution in [-0.4, -0.2) is 10.7 Å². The summed E-state index contributed by atoms with van der Waals surface area (Å²) in [6.07, 6.45) is 1.74. The van der Waals surface area contributed by atoms with Gasteiger partial charge in [-0.15, -0.1) is 0 Å². The number of Topliss-reactive ketones (excluding diaryl/α,β-unsaturated/α-hetero) is 1. The Kier molecular flexibility index (Phi) is 4.42. The molecule has 2 aromatic rings. The van der Waals surface area contributed by atoms with Crippen molar-refractivity contribution >= 4 is 27.4 Å². The lowest BCUT2D eigenvalue weighted by Gasteiger charge is -2.02. The lowest BCUT2D eigenvalue weighted by molar-refractivity contribution is -0.689. The highest BCUT2D eigenvalue weighted by atomic mass is 79.9. The molecule has 0 aliphatic heterocycles. The minimum Gasteiger partial charge on any atom is -0.287 e. The van der Waals surface area contributed by atoms with Crippen molar-refractivity contribution in [2.24, 2.45) is 0 Å². The molecular weight excluding hydrogens is 343 g/mol. The van der Waals surface area contributed by atoms with E-state index < -0.39 is 16.4 Å². The van der Waals surface area contributed by atoms with Crippen LogP contribution in [0.2, 0.25) is 0 Å². The number of carbonyl (C=O) groups excluding carboxylic acids is 1. The van der Waals surface area contributed by atoms with E-state index in [1.807, 2.05) is 13.0 Å². The van der Waals surface area contributed by atoms with Crippen molar-refractivity contribution in [1.29, 1.82) is 0 Å². The van der Waals surface area contributed by atoms with Gasteiger partial charge in [-0.05, 0) is 34.1 Å². The van der Waals surface area contributed by atoms with Gasteiger partial charge in [0.15, 0.2) is 11.9 Å². The fourth-order valence-electron chi connectivity index (χ4n) is 1.85. The molecule has 0 atom stereocenters. The number of hydrogen-bond donors (Lipinski definition) is 0. The normalized spacial score (nSPS) is 10.4. The Balaban J connectivity index is 2.27. The van der Waals surface area contributed by atoms with E-state index in [4.69, 9.17) is 0 Å². The quantitative estimate of drug-likeness (QED) is 0.367. The number of pyridine rings is 1. The van der Waals surface area contributed by atoms with Crippen LogP contribution in [0.3, 0.4) is 0 Å². The molecule has 0 fully saturated rings. The molecule has 1 heterocycles. The van der Waals surface area contributed by atoms with Gasteiger partial charge in [-0.1, -0.05) is 0 Å². The highest BCUT2D eigenvalue weighted by molar-refractivity contribution is 9.10. The van der Waals surface area contributed by atoms with Crippen LogP contribution >= 0.6 is 15.9 Å². The molecule has 0 radical (unpaired) electrons. The Morgan fingerprint density at radius 3 is 2.76 bits per heavy atom. The molecule has 0 aliphatic carbocycles. The van der Waals surface area contributed by atoms with Gasteiger partial charge in [0, 0.05) is 24.6 Å². The van der Waals surface area contributed by atoms with Crippen molar-refractivity contribution in [3.63, 3.8) is 0 Å². The number of aromatic nitrogens is 1. The summed E-state index contributed by atoms with van der Waals surface area (Å²) in [4.78, 5) is 21.9. The van der Waals surface area contributed by atoms with Crippen molar-refractivity contribution in [2.45, 2.75) is 13.5 Å². The van der Waals surface area contributed by atoms with Crippen molar-refractivity contribution < 1.29 is 18.7 Å². The Labute approximate surface area is 128 Å². The van der Waals surface area contributed by atoms with Gasteiger partial charge in [0.1, 0.15) is 0 Å². The van der Waals surface area contributed by atoms with E-state index in [0.29, 0.717) is 0 Å². The minimum atomic E-state index is -1.01. The van der Waals surface area contributed by atoms with Crippen molar-refractivity contribution in [3.05, 3.63) is 68.2 Å². The first-order valence-corrected chi connectivity index (χ1v) is 6.81. The van der Waals surface area contributed by atoms with E-state index in [1.54, 1.807) is 16.8 Å². The van der Waals surface area contributed by atoms with Gasteiger partial charge in [-0.3, -0.25) is 14.9 Å². The monoisotopic (exact) mass is 353 g/mol. The second-order valence-electron chi connectivity index (χ2n) is 4.42. The van der Waals surface area contributed by atoms with Gasteiger partial charge in [0.2, 0.25) is 18.1 Å². The first-order chi connectivity index (χ1) is 9.90. The maximum Gasteiger partial charge on any atom is 0.304 e. The first kappa shape index (κ1) is 15.2. The van der Waals surface area contributed by atoms with E-state index in [1.165, 1.54) is 6.07 Å². The molecular formula is C14H11BrFN2O3+. The summed E-state index contributed by atoms with van der Waals surface area (Å²) >= 11 is 3.36. The molecule has 0 N–H and O–H groups in total. The van der Waals surface area contributed by atoms with Gasteiger partial charge >= 0.3 is 5.69 Å². The Morgan fingerprint density at radius 1 is 1.43 bits per heavy atom. The van der Waals surface area contributed by atoms with Crippen LogP contribution in [0.1, 0.15) is 16.1 Å².